The first-order valence-corrected chi connectivity index (χ1v) is 13.1. The van der Waals surface area contributed by atoms with Crippen molar-refractivity contribution in [3.05, 3.63) is 75.7 Å². The number of aromatic nitrogens is 1. The van der Waals surface area contributed by atoms with Gasteiger partial charge in [-0.1, -0.05) is 30.3 Å². The van der Waals surface area contributed by atoms with Gasteiger partial charge in [0.1, 0.15) is 5.69 Å². The van der Waals surface area contributed by atoms with Gasteiger partial charge in [0, 0.05) is 30.0 Å². The standard InChI is InChI=1S/C27H28F3N3O4S/c1-16(35)22(14-34)31-24(36)23-15-38-25(32-23)18-10-12-33(13-11-18)26(37)21-5-3-2-4-20(21)17-6-8-19(9-7-17)27(28,29)30/h2-9,15-16,18,22,34-35H,10-14H2,1H3,(H,31,36). The Balaban J connectivity index is 1.41. The molecule has 0 bridgehead atoms. The number of benzene rings is 2. The van der Waals surface area contributed by atoms with Gasteiger partial charge in [0.25, 0.3) is 11.8 Å². The van der Waals surface area contributed by atoms with E-state index in [0.717, 1.165) is 17.1 Å². The molecule has 2 aromatic carbocycles. The maximum Gasteiger partial charge on any atom is 0.416 e. The average Bonchev–Trinajstić information content (AvgIpc) is 3.41. The number of nitrogens with zero attached hydrogens (tertiary/aromatic N) is 2. The van der Waals surface area contributed by atoms with Crippen molar-refractivity contribution in [2.24, 2.45) is 0 Å². The van der Waals surface area contributed by atoms with E-state index in [1.54, 1.807) is 34.5 Å². The normalized spacial score (nSPS) is 16.2. The molecule has 4 rings (SSSR count). The van der Waals surface area contributed by atoms with Gasteiger partial charge < -0.3 is 20.4 Å². The first kappa shape index (κ1) is 27.7. The molecule has 1 aliphatic heterocycles. The van der Waals surface area contributed by atoms with E-state index in [2.05, 4.69) is 10.3 Å². The molecule has 0 saturated carbocycles. The fourth-order valence-electron chi connectivity index (χ4n) is 4.40. The van der Waals surface area contributed by atoms with Crippen LogP contribution in [0.25, 0.3) is 11.1 Å². The van der Waals surface area contributed by atoms with Crippen molar-refractivity contribution in [2.75, 3.05) is 19.7 Å². The fraction of sp³-hybridized carbons (Fsp3) is 0.370. The first-order chi connectivity index (χ1) is 18.1. The Hall–Kier alpha value is -3.28. The monoisotopic (exact) mass is 547 g/mol. The minimum atomic E-state index is -4.43. The molecule has 3 N–H and O–H groups in total. The van der Waals surface area contributed by atoms with Gasteiger partial charge in [0.15, 0.2) is 0 Å². The van der Waals surface area contributed by atoms with Crippen LogP contribution in [0.4, 0.5) is 13.2 Å². The summed E-state index contributed by atoms with van der Waals surface area (Å²) in [5, 5.41) is 23.9. The number of amides is 2. The van der Waals surface area contributed by atoms with Crippen LogP contribution >= 0.6 is 11.3 Å². The van der Waals surface area contributed by atoms with Crippen molar-refractivity contribution in [1.29, 1.82) is 0 Å². The SMILES string of the molecule is CC(O)C(CO)NC(=O)c1csc(C2CCN(C(=O)c3ccccc3-c3ccc(C(F)(F)F)cc3)CC2)n1. The van der Waals surface area contributed by atoms with Crippen LogP contribution in [0, 0.1) is 0 Å². The van der Waals surface area contributed by atoms with Gasteiger partial charge in [-0.05, 0) is 49.1 Å². The van der Waals surface area contributed by atoms with E-state index >= 15 is 0 Å². The Morgan fingerprint density at radius 2 is 1.79 bits per heavy atom. The van der Waals surface area contributed by atoms with Crippen molar-refractivity contribution >= 4 is 23.2 Å². The zero-order valence-corrected chi connectivity index (χ0v) is 21.4. The summed E-state index contributed by atoms with van der Waals surface area (Å²) >= 11 is 1.36. The molecule has 1 saturated heterocycles. The van der Waals surface area contributed by atoms with E-state index in [-0.39, 0.29) is 17.5 Å². The predicted octanol–water partition coefficient (Wildman–Crippen LogP) is 4.32. The van der Waals surface area contributed by atoms with Gasteiger partial charge in [-0.2, -0.15) is 13.2 Å². The fourth-order valence-corrected chi connectivity index (χ4v) is 5.37. The minimum absolute atomic E-state index is 0.0705. The molecule has 1 aliphatic rings. The topological polar surface area (TPSA) is 103 Å². The number of carbonyl (C=O) groups is 2. The molecule has 2 amide bonds. The van der Waals surface area contributed by atoms with Crippen LogP contribution in [0.3, 0.4) is 0 Å². The number of thiazole rings is 1. The minimum Gasteiger partial charge on any atom is -0.394 e. The lowest BCUT2D eigenvalue weighted by Gasteiger charge is -2.31. The number of likely N-dealkylation sites (tertiary alicyclic amines) is 1. The number of hydrogen-bond donors (Lipinski definition) is 3. The summed E-state index contributed by atoms with van der Waals surface area (Å²) < 4.78 is 38.9. The van der Waals surface area contributed by atoms with Crippen LogP contribution in [0.15, 0.2) is 53.9 Å². The molecule has 38 heavy (non-hydrogen) atoms. The van der Waals surface area contributed by atoms with E-state index in [1.807, 2.05) is 0 Å². The molecular weight excluding hydrogens is 519 g/mol. The summed E-state index contributed by atoms with van der Waals surface area (Å²) in [6.07, 6.45) is -4.04. The number of aliphatic hydroxyl groups is 2. The molecule has 1 aromatic heterocycles. The lowest BCUT2D eigenvalue weighted by Crippen LogP contribution is -2.44. The second-order valence-corrected chi connectivity index (χ2v) is 10.2. The molecule has 11 heteroatoms. The van der Waals surface area contributed by atoms with Crippen LogP contribution < -0.4 is 5.32 Å². The van der Waals surface area contributed by atoms with Crippen molar-refractivity contribution in [2.45, 2.75) is 44.0 Å². The largest absolute Gasteiger partial charge is 0.416 e. The highest BCUT2D eigenvalue weighted by Crippen LogP contribution is 2.34. The van der Waals surface area contributed by atoms with Crippen LogP contribution in [-0.4, -0.2) is 63.8 Å². The van der Waals surface area contributed by atoms with Crippen molar-refractivity contribution in [3.63, 3.8) is 0 Å². The Morgan fingerprint density at radius 1 is 1.13 bits per heavy atom. The number of rotatable bonds is 7. The smallest absolute Gasteiger partial charge is 0.394 e. The van der Waals surface area contributed by atoms with Crippen LogP contribution in [0.5, 0.6) is 0 Å². The molecule has 1 fully saturated rings. The maximum atomic E-state index is 13.4. The van der Waals surface area contributed by atoms with E-state index in [1.165, 1.54) is 30.4 Å². The molecule has 0 radical (unpaired) electrons. The molecule has 0 aliphatic carbocycles. The summed E-state index contributed by atoms with van der Waals surface area (Å²) in [5.74, 6) is -0.590. The van der Waals surface area contributed by atoms with E-state index in [9.17, 15) is 33.0 Å². The predicted molar refractivity (Wildman–Crippen MR) is 137 cm³/mol. The molecule has 7 nitrogen and oxygen atoms in total. The molecule has 2 heterocycles. The van der Waals surface area contributed by atoms with Gasteiger partial charge in [0.05, 0.1) is 29.3 Å². The lowest BCUT2D eigenvalue weighted by molar-refractivity contribution is -0.137. The van der Waals surface area contributed by atoms with Crippen molar-refractivity contribution in [3.8, 4) is 11.1 Å². The second-order valence-electron chi connectivity index (χ2n) is 9.26. The molecule has 2 atom stereocenters. The number of halogens is 3. The first-order valence-electron chi connectivity index (χ1n) is 12.2. The summed E-state index contributed by atoms with van der Waals surface area (Å²) in [7, 11) is 0. The van der Waals surface area contributed by atoms with Gasteiger partial charge in [-0.15, -0.1) is 11.3 Å². The summed E-state index contributed by atoms with van der Waals surface area (Å²) in [4.78, 5) is 32.0. The van der Waals surface area contributed by atoms with Crippen LogP contribution in [0.1, 0.15) is 57.1 Å². The van der Waals surface area contributed by atoms with E-state index in [0.29, 0.717) is 42.6 Å². The summed E-state index contributed by atoms with van der Waals surface area (Å²) in [5.41, 5.74) is 1.00. The quantitative estimate of drug-likeness (QED) is 0.409. The van der Waals surface area contributed by atoms with Gasteiger partial charge in [-0.25, -0.2) is 4.98 Å². The molecule has 0 spiro atoms. The third kappa shape index (κ3) is 6.23. The molecular formula is C27H28F3N3O4S. The third-order valence-corrected chi connectivity index (χ3v) is 7.67. The highest BCUT2D eigenvalue weighted by Gasteiger charge is 2.31. The zero-order chi connectivity index (χ0) is 27.4. The lowest BCUT2D eigenvalue weighted by atomic mass is 9.94. The molecule has 202 valence electrons. The van der Waals surface area contributed by atoms with E-state index < -0.39 is 36.4 Å². The highest BCUT2D eigenvalue weighted by atomic mass is 32.1. The number of piperidine rings is 1. The van der Waals surface area contributed by atoms with Crippen LogP contribution in [0.2, 0.25) is 0 Å². The Bertz CT molecular complexity index is 1270. The number of hydrogen-bond acceptors (Lipinski definition) is 6. The molecule has 3 aromatic rings. The van der Waals surface area contributed by atoms with E-state index in [4.69, 9.17) is 0 Å². The van der Waals surface area contributed by atoms with Gasteiger partial charge in [-0.3, -0.25) is 9.59 Å². The number of nitrogens with one attached hydrogen (secondary N) is 1. The second kappa shape index (κ2) is 11.6. The number of aliphatic hydroxyl groups excluding tert-OH is 2. The van der Waals surface area contributed by atoms with Gasteiger partial charge in [0.2, 0.25) is 0 Å². The third-order valence-electron chi connectivity index (χ3n) is 6.66. The Labute approximate surface area is 221 Å². The molecule has 2 unspecified atom stereocenters. The zero-order valence-electron chi connectivity index (χ0n) is 20.6. The average molecular weight is 548 g/mol. The number of alkyl halides is 3. The maximum absolute atomic E-state index is 13.4. The summed E-state index contributed by atoms with van der Waals surface area (Å²) in [6, 6.07) is 10.9. The highest BCUT2D eigenvalue weighted by molar-refractivity contribution is 7.09. The Morgan fingerprint density at radius 3 is 2.39 bits per heavy atom. The van der Waals surface area contributed by atoms with Crippen molar-refractivity contribution < 1.29 is 33.0 Å². The van der Waals surface area contributed by atoms with Crippen LogP contribution in [-0.2, 0) is 6.18 Å². The number of carbonyl (C=O) groups excluding carboxylic acids is 2. The van der Waals surface area contributed by atoms with Gasteiger partial charge >= 0.3 is 6.18 Å². The Kier molecular flexibility index (Phi) is 8.49. The summed E-state index contributed by atoms with van der Waals surface area (Å²) in [6.45, 7) is 2.03. The van der Waals surface area contributed by atoms with Crippen molar-refractivity contribution in [1.82, 2.24) is 15.2 Å².